The third-order valence-corrected chi connectivity index (χ3v) is 5.46. The second-order valence-corrected chi connectivity index (χ2v) is 7.34. The van der Waals surface area contributed by atoms with E-state index in [0.29, 0.717) is 36.2 Å². The highest BCUT2D eigenvalue weighted by Gasteiger charge is 2.26. The quantitative estimate of drug-likeness (QED) is 0.538. The first-order chi connectivity index (χ1) is 14.6. The lowest BCUT2D eigenvalue weighted by Gasteiger charge is -2.32. The molecule has 9 heteroatoms. The number of fused-ring (bicyclic) bond motifs is 1. The molecule has 0 spiro atoms. The van der Waals surface area contributed by atoms with Crippen molar-refractivity contribution in [2.45, 2.75) is 18.8 Å². The van der Waals surface area contributed by atoms with E-state index >= 15 is 0 Å². The molecule has 4 aromatic rings. The van der Waals surface area contributed by atoms with Gasteiger partial charge in [-0.05, 0) is 48.6 Å². The highest BCUT2D eigenvalue weighted by Crippen LogP contribution is 2.29. The number of amides is 1. The molecule has 3 aromatic heterocycles. The number of nitrogen functional groups attached to an aromatic ring is 1. The van der Waals surface area contributed by atoms with Crippen molar-refractivity contribution in [1.82, 2.24) is 24.5 Å². The summed E-state index contributed by atoms with van der Waals surface area (Å²) in [6, 6.07) is 12.4. The van der Waals surface area contributed by atoms with E-state index in [1.165, 1.54) is 10.1 Å². The van der Waals surface area contributed by atoms with Crippen LogP contribution in [0.5, 0.6) is 5.75 Å². The van der Waals surface area contributed by atoms with Crippen LogP contribution in [0.15, 0.2) is 53.1 Å². The molecule has 1 saturated heterocycles. The number of rotatable bonds is 3. The molecule has 4 heterocycles. The van der Waals surface area contributed by atoms with E-state index in [9.17, 15) is 9.90 Å². The summed E-state index contributed by atoms with van der Waals surface area (Å²) >= 11 is 0. The fraction of sp³-hybridized carbons (Fsp3) is 0.238. The third kappa shape index (κ3) is 3.24. The Morgan fingerprint density at radius 1 is 1.13 bits per heavy atom. The molecular formula is C21H20N6O3. The second kappa shape index (κ2) is 7.18. The summed E-state index contributed by atoms with van der Waals surface area (Å²) in [7, 11) is 0. The third-order valence-electron chi connectivity index (χ3n) is 5.46. The summed E-state index contributed by atoms with van der Waals surface area (Å²) in [6.07, 6.45) is 3.24. The number of likely N-dealkylation sites (tertiary alicyclic amines) is 1. The van der Waals surface area contributed by atoms with Crippen LogP contribution in [0.1, 0.15) is 34.8 Å². The number of furan rings is 1. The van der Waals surface area contributed by atoms with Gasteiger partial charge in [-0.2, -0.15) is 4.52 Å². The number of piperidine rings is 1. The SMILES string of the molecule is Nc1nc(C(=O)N2CCC(c3ccc(O)cc3)CC2)cc2nc(-c3ccco3)nn12. The minimum absolute atomic E-state index is 0.0973. The molecule has 9 nitrogen and oxygen atoms in total. The largest absolute Gasteiger partial charge is 0.508 e. The van der Waals surface area contributed by atoms with Crippen LogP contribution in [0.2, 0.25) is 0 Å². The van der Waals surface area contributed by atoms with Gasteiger partial charge < -0.3 is 20.2 Å². The summed E-state index contributed by atoms with van der Waals surface area (Å²) in [5, 5.41) is 13.8. The molecular weight excluding hydrogens is 384 g/mol. The van der Waals surface area contributed by atoms with Crippen molar-refractivity contribution < 1.29 is 14.3 Å². The zero-order chi connectivity index (χ0) is 20.7. The molecule has 1 aliphatic rings. The number of carbonyl (C=O) groups is 1. The van der Waals surface area contributed by atoms with Crippen molar-refractivity contribution in [3.8, 4) is 17.3 Å². The number of nitrogens with two attached hydrogens (primary N) is 1. The Bertz CT molecular complexity index is 1190. The molecule has 3 N–H and O–H groups in total. The lowest BCUT2D eigenvalue weighted by molar-refractivity contribution is 0.0707. The highest BCUT2D eigenvalue weighted by molar-refractivity contribution is 5.93. The van der Waals surface area contributed by atoms with Gasteiger partial charge in [-0.3, -0.25) is 4.79 Å². The summed E-state index contributed by atoms with van der Waals surface area (Å²) in [4.78, 5) is 23.5. The van der Waals surface area contributed by atoms with Gasteiger partial charge in [0.05, 0.1) is 6.26 Å². The predicted molar refractivity (Wildman–Crippen MR) is 109 cm³/mol. The zero-order valence-electron chi connectivity index (χ0n) is 16.1. The van der Waals surface area contributed by atoms with E-state index in [4.69, 9.17) is 10.2 Å². The minimum Gasteiger partial charge on any atom is -0.508 e. The van der Waals surface area contributed by atoms with Crippen molar-refractivity contribution in [3.05, 3.63) is 60.0 Å². The van der Waals surface area contributed by atoms with Gasteiger partial charge in [0, 0.05) is 19.2 Å². The van der Waals surface area contributed by atoms with Crippen molar-refractivity contribution in [3.63, 3.8) is 0 Å². The van der Waals surface area contributed by atoms with Gasteiger partial charge in [-0.25, -0.2) is 9.97 Å². The van der Waals surface area contributed by atoms with Crippen molar-refractivity contribution in [2.24, 2.45) is 0 Å². The Labute approximate surface area is 171 Å². The zero-order valence-corrected chi connectivity index (χ0v) is 16.1. The van der Waals surface area contributed by atoms with E-state index in [1.54, 1.807) is 41.5 Å². The van der Waals surface area contributed by atoms with Crippen LogP contribution < -0.4 is 5.73 Å². The lowest BCUT2D eigenvalue weighted by Crippen LogP contribution is -2.38. The minimum atomic E-state index is -0.170. The maximum atomic E-state index is 13.0. The van der Waals surface area contributed by atoms with Gasteiger partial charge in [0.15, 0.2) is 11.4 Å². The Hall–Kier alpha value is -3.88. The van der Waals surface area contributed by atoms with Crippen LogP contribution in [0.3, 0.4) is 0 Å². The van der Waals surface area contributed by atoms with E-state index < -0.39 is 0 Å². The molecule has 0 unspecified atom stereocenters. The molecule has 1 fully saturated rings. The van der Waals surface area contributed by atoms with Gasteiger partial charge in [-0.1, -0.05) is 12.1 Å². The van der Waals surface area contributed by atoms with Crippen LogP contribution >= 0.6 is 0 Å². The lowest BCUT2D eigenvalue weighted by atomic mass is 9.89. The molecule has 1 amide bonds. The van der Waals surface area contributed by atoms with Crippen molar-refractivity contribution >= 4 is 17.5 Å². The number of nitrogens with zero attached hydrogens (tertiary/aromatic N) is 5. The number of phenols is 1. The molecule has 1 aromatic carbocycles. The molecule has 30 heavy (non-hydrogen) atoms. The maximum absolute atomic E-state index is 13.0. The molecule has 1 aliphatic heterocycles. The van der Waals surface area contributed by atoms with Crippen LogP contribution in [-0.2, 0) is 0 Å². The van der Waals surface area contributed by atoms with Crippen LogP contribution in [0, 0.1) is 0 Å². The first-order valence-electron chi connectivity index (χ1n) is 9.74. The highest BCUT2D eigenvalue weighted by atomic mass is 16.3. The Kier molecular flexibility index (Phi) is 4.35. The van der Waals surface area contributed by atoms with Gasteiger partial charge in [0.25, 0.3) is 5.91 Å². The monoisotopic (exact) mass is 404 g/mol. The molecule has 5 rings (SSSR count). The van der Waals surface area contributed by atoms with Gasteiger partial charge >= 0.3 is 0 Å². The smallest absolute Gasteiger partial charge is 0.272 e. The molecule has 0 bridgehead atoms. The summed E-state index contributed by atoms with van der Waals surface area (Å²) < 4.78 is 6.72. The number of aromatic nitrogens is 4. The number of carbonyl (C=O) groups excluding carboxylic acids is 1. The number of benzene rings is 1. The first kappa shape index (κ1) is 18.2. The Morgan fingerprint density at radius 3 is 2.60 bits per heavy atom. The molecule has 152 valence electrons. The number of hydrogen-bond donors (Lipinski definition) is 2. The second-order valence-electron chi connectivity index (χ2n) is 7.34. The number of aromatic hydroxyl groups is 1. The maximum Gasteiger partial charge on any atom is 0.272 e. The predicted octanol–water partition coefficient (Wildman–Crippen LogP) is 2.69. The molecule has 0 atom stereocenters. The van der Waals surface area contributed by atoms with E-state index in [2.05, 4.69) is 15.1 Å². The normalized spacial score (nSPS) is 15.0. The molecule has 0 saturated carbocycles. The topological polar surface area (TPSA) is 123 Å². The summed E-state index contributed by atoms with van der Waals surface area (Å²) in [5.74, 6) is 1.45. The fourth-order valence-electron chi connectivity index (χ4n) is 3.86. The molecule has 0 radical (unpaired) electrons. The average molecular weight is 404 g/mol. The van der Waals surface area contributed by atoms with E-state index in [0.717, 1.165) is 12.8 Å². The van der Waals surface area contributed by atoms with Crippen molar-refractivity contribution in [2.75, 3.05) is 18.8 Å². The Morgan fingerprint density at radius 2 is 1.90 bits per heavy atom. The van der Waals surface area contributed by atoms with Crippen molar-refractivity contribution in [1.29, 1.82) is 0 Å². The van der Waals surface area contributed by atoms with Crippen LogP contribution in [0.4, 0.5) is 5.95 Å². The van der Waals surface area contributed by atoms with Gasteiger partial charge in [0.1, 0.15) is 11.4 Å². The van der Waals surface area contributed by atoms with E-state index in [-0.39, 0.29) is 23.3 Å². The van der Waals surface area contributed by atoms with Crippen LogP contribution in [-0.4, -0.2) is 48.6 Å². The Balaban J connectivity index is 1.34. The van der Waals surface area contributed by atoms with Crippen LogP contribution in [0.25, 0.3) is 17.2 Å². The number of anilines is 1. The molecule has 0 aliphatic carbocycles. The van der Waals surface area contributed by atoms with Gasteiger partial charge in [0.2, 0.25) is 11.8 Å². The van der Waals surface area contributed by atoms with E-state index in [1.807, 2.05) is 12.1 Å². The first-order valence-corrected chi connectivity index (χ1v) is 9.74. The average Bonchev–Trinajstić information content (AvgIpc) is 3.44. The number of phenolic OH excluding ortho intramolecular Hbond substituents is 1. The van der Waals surface area contributed by atoms with Gasteiger partial charge in [-0.15, -0.1) is 5.10 Å². The number of hydrogen-bond acceptors (Lipinski definition) is 7. The summed E-state index contributed by atoms with van der Waals surface area (Å²) in [5.41, 5.74) is 7.90. The standard InChI is InChI=1S/C21H20N6O3/c22-21-23-16(12-18-24-19(25-27(18)21)17-2-1-11-30-17)20(29)26-9-7-14(8-10-26)13-3-5-15(28)6-4-13/h1-6,11-12,14,28H,7-10H2,(H2,22,23). The summed E-state index contributed by atoms with van der Waals surface area (Å²) in [6.45, 7) is 1.25. The fourth-order valence-corrected chi connectivity index (χ4v) is 3.86.